The molecule has 2 heterocycles. The van der Waals surface area contributed by atoms with Crippen molar-refractivity contribution < 1.29 is 26.7 Å². The number of amides is 1. The minimum Gasteiger partial charge on any atom is -0.348 e. The molecule has 1 aliphatic carbocycles. The van der Waals surface area contributed by atoms with Crippen molar-refractivity contribution >= 4 is 16.8 Å². The van der Waals surface area contributed by atoms with Gasteiger partial charge in [-0.05, 0) is 24.1 Å². The molecular formula is C21H19F5N4O. The van der Waals surface area contributed by atoms with Gasteiger partial charge in [0, 0.05) is 11.8 Å². The molecule has 0 unspecified atom stereocenters. The first-order valence-corrected chi connectivity index (χ1v) is 9.66. The zero-order valence-corrected chi connectivity index (χ0v) is 16.5. The van der Waals surface area contributed by atoms with E-state index < -0.39 is 30.6 Å². The zero-order chi connectivity index (χ0) is 22.4. The summed E-state index contributed by atoms with van der Waals surface area (Å²) < 4.78 is 65.0. The number of hydrogen-bond donors (Lipinski definition) is 1. The third-order valence-electron chi connectivity index (χ3n) is 5.27. The molecule has 0 radical (unpaired) electrons. The number of rotatable bonds is 6. The maximum atomic E-state index is 13.1. The molecule has 1 N–H and O–H groups in total. The van der Waals surface area contributed by atoms with Gasteiger partial charge >= 0.3 is 6.18 Å². The first kappa shape index (κ1) is 21.2. The van der Waals surface area contributed by atoms with E-state index in [0.717, 1.165) is 4.68 Å². The lowest BCUT2D eigenvalue weighted by Crippen LogP contribution is -2.28. The Balaban J connectivity index is 1.38. The summed E-state index contributed by atoms with van der Waals surface area (Å²) in [5.41, 5.74) is 1.99. The third-order valence-corrected chi connectivity index (χ3v) is 5.27. The number of fused-ring (bicyclic) bond motifs is 1. The number of halogens is 5. The van der Waals surface area contributed by atoms with Crippen LogP contribution in [0.1, 0.15) is 42.1 Å². The predicted molar refractivity (Wildman–Crippen MR) is 103 cm³/mol. The van der Waals surface area contributed by atoms with Crippen molar-refractivity contribution in [2.75, 3.05) is 0 Å². The third kappa shape index (κ3) is 4.83. The van der Waals surface area contributed by atoms with Gasteiger partial charge < -0.3 is 5.32 Å². The summed E-state index contributed by atoms with van der Waals surface area (Å²) in [5.74, 6) is -3.66. The first-order valence-electron chi connectivity index (χ1n) is 9.66. The van der Waals surface area contributed by atoms with Crippen molar-refractivity contribution in [3.8, 4) is 0 Å². The molecule has 1 aliphatic rings. The number of nitrogens with one attached hydrogen (secondary N) is 1. The Labute approximate surface area is 174 Å². The fourth-order valence-corrected chi connectivity index (χ4v) is 3.52. The van der Waals surface area contributed by atoms with Gasteiger partial charge in [-0.2, -0.15) is 18.3 Å². The molecule has 31 heavy (non-hydrogen) atoms. The van der Waals surface area contributed by atoms with Crippen molar-refractivity contribution in [3.05, 3.63) is 59.5 Å². The number of aromatic nitrogens is 3. The van der Waals surface area contributed by atoms with E-state index in [2.05, 4.69) is 15.4 Å². The largest absolute Gasteiger partial charge is 0.408 e. The Morgan fingerprint density at radius 2 is 1.94 bits per heavy atom. The molecular weight excluding hydrogens is 419 g/mol. The van der Waals surface area contributed by atoms with Crippen molar-refractivity contribution in [1.29, 1.82) is 0 Å². The molecule has 3 aromatic rings. The van der Waals surface area contributed by atoms with Crippen LogP contribution in [-0.2, 0) is 17.8 Å². The lowest BCUT2D eigenvalue weighted by atomic mass is 10.1. The average Bonchev–Trinajstić information content (AvgIpc) is 3.14. The number of nitrogens with zero attached hydrogens (tertiary/aromatic N) is 3. The lowest BCUT2D eigenvalue weighted by molar-refractivity contribution is -0.141. The van der Waals surface area contributed by atoms with Crippen molar-refractivity contribution in [3.63, 3.8) is 0 Å². The van der Waals surface area contributed by atoms with Gasteiger partial charge in [0.2, 0.25) is 5.91 Å². The topological polar surface area (TPSA) is 59.8 Å². The van der Waals surface area contributed by atoms with Gasteiger partial charge in [0.05, 0.1) is 42.0 Å². The molecule has 2 aromatic heterocycles. The summed E-state index contributed by atoms with van der Waals surface area (Å²) in [4.78, 5) is 16.5. The van der Waals surface area contributed by atoms with Crippen LogP contribution in [0.5, 0.6) is 0 Å². The molecule has 2 atom stereocenters. The van der Waals surface area contributed by atoms with Crippen LogP contribution >= 0.6 is 0 Å². The maximum absolute atomic E-state index is 13.1. The van der Waals surface area contributed by atoms with Crippen LogP contribution in [0.25, 0.3) is 10.9 Å². The molecule has 0 aliphatic heterocycles. The number of pyridine rings is 1. The van der Waals surface area contributed by atoms with Crippen LogP contribution in [0.2, 0.25) is 0 Å². The van der Waals surface area contributed by atoms with E-state index in [1.165, 1.54) is 12.4 Å². The molecule has 10 heteroatoms. The monoisotopic (exact) mass is 438 g/mol. The van der Waals surface area contributed by atoms with Gasteiger partial charge in [0.25, 0.3) is 5.92 Å². The highest BCUT2D eigenvalue weighted by atomic mass is 19.4. The minimum absolute atomic E-state index is 0.0669. The van der Waals surface area contributed by atoms with Crippen LogP contribution in [0.4, 0.5) is 22.0 Å². The van der Waals surface area contributed by atoms with Gasteiger partial charge in [-0.1, -0.05) is 24.3 Å². The molecule has 1 saturated carbocycles. The van der Waals surface area contributed by atoms with E-state index in [0.29, 0.717) is 22.2 Å². The SMILES string of the molecule is C[C@@H](NC(=O)Cc1ccc([C@@H]2CC2(F)F)cc1)c1cc2cnn(CC(F)(F)F)c2cn1. The van der Waals surface area contributed by atoms with Gasteiger partial charge in [0.1, 0.15) is 6.54 Å². The number of hydrogen-bond acceptors (Lipinski definition) is 3. The van der Waals surface area contributed by atoms with Gasteiger partial charge in [-0.3, -0.25) is 14.5 Å². The zero-order valence-electron chi connectivity index (χ0n) is 16.5. The Bertz CT molecular complexity index is 1110. The van der Waals surface area contributed by atoms with Crippen LogP contribution in [-0.4, -0.2) is 32.8 Å². The summed E-state index contributed by atoms with van der Waals surface area (Å²) in [5, 5.41) is 7.03. The number of benzene rings is 1. The fourth-order valence-electron chi connectivity index (χ4n) is 3.52. The number of carbonyl (C=O) groups excluding carboxylic acids is 1. The van der Waals surface area contributed by atoms with E-state index in [1.807, 2.05) is 0 Å². The molecule has 1 fully saturated rings. The lowest BCUT2D eigenvalue weighted by Gasteiger charge is -2.14. The highest BCUT2D eigenvalue weighted by molar-refractivity contribution is 5.80. The standard InChI is InChI=1S/C21H19F5N4O/c1-12(17-7-15-9-28-30(11-21(24,25)26)18(15)10-27-17)29-19(31)6-13-2-4-14(5-3-13)16-8-20(16,22)23/h2-5,7,9-10,12,16H,6,8,11H2,1H3,(H,29,31)/t12-,16+/m1/s1. The van der Waals surface area contributed by atoms with Crippen molar-refractivity contribution in [1.82, 2.24) is 20.1 Å². The average molecular weight is 438 g/mol. The quantitative estimate of drug-likeness (QED) is 0.575. The maximum Gasteiger partial charge on any atom is 0.408 e. The van der Waals surface area contributed by atoms with Gasteiger partial charge in [0.15, 0.2) is 0 Å². The van der Waals surface area contributed by atoms with E-state index in [1.54, 1.807) is 37.3 Å². The summed E-state index contributed by atoms with van der Waals surface area (Å²) in [6, 6.07) is 7.66. The van der Waals surface area contributed by atoms with E-state index >= 15 is 0 Å². The second kappa shape index (κ2) is 7.58. The van der Waals surface area contributed by atoms with Crippen LogP contribution < -0.4 is 5.32 Å². The summed E-state index contributed by atoms with van der Waals surface area (Å²) in [6.07, 6.45) is -1.84. The van der Waals surface area contributed by atoms with Crippen LogP contribution in [0.15, 0.2) is 42.7 Å². The molecule has 5 nitrogen and oxygen atoms in total. The Morgan fingerprint density at radius 1 is 1.26 bits per heavy atom. The Kier molecular flexibility index (Phi) is 5.18. The molecule has 1 aromatic carbocycles. The van der Waals surface area contributed by atoms with E-state index in [4.69, 9.17) is 0 Å². The van der Waals surface area contributed by atoms with Crippen molar-refractivity contribution in [2.24, 2.45) is 0 Å². The molecule has 0 bridgehead atoms. The highest BCUT2D eigenvalue weighted by Crippen LogP contribution is 2.55. The fraction of sp³-hybridized carbons (Fsp3) is 0.381. The highest BCUT2D eigenvalue weighted by Gasteiger charge is 2.57. The summed E-state index contributed by atoms with van der Waals surface area (Å²) >= 11 is 0. The van der Waals surface area contributed by atoms with Crippen molar-refractivity contribution in [2.45, 2.75) is 50.4 Å². The predicted octanol–water partition coefficient (Wildman–Crippen LogP) is 4.54. The normalized spacial score (nSPS) is 18.7. The second-order valence-corrected chi connectivity index (χ2v) is 7.81. The molecule has 0 saturated heterocycles. The Morgan fingerprint density at radius 3 is 2.55 bits per heavy atom. The van der Waals surface area contributed by atoms with Crippen LogP contribution in [0, 0.1) is 0 Å². The first-order chi connectivity index (χ1) is 14.5. The molecule has 0 spiro atoms. The number of alkyl halides is 5. The van der Waals surface area contributed by atoms with E-state index in [9.17, 15) is 26.7 Å². The smallest absolute Gasteiger partial charge is 0.348 e. The summed E-state index contributed by atoms with van der Waals surface area (Å²) in [7, 11) is 0. The number of carbonyl (C=O) groups is 1. The second-order valence-electron chi connectivity index (χ2n) is 7.81. The minimum atomic E-state index is -4.39. The van der Waals surface area contributed by atoms with Gasteiger partial charge in [-0.25, -0.2) is 8.78 Å². The summed E-state index contributed by atoms with van der Waals surface area (Å²) in [6.45, 7) is 0.505. The molecule has 4 rings (SSSR count). The molecule has 164 valence electrons. The Hall–Kier alpha value is -3.04. The van der Waals surface area contributed by atoms with Crippen LogP contribution in [0.3, 0.4) is 0 Å². The van der Waals surface area contributed by atoms with Gasteiger partial charge in [-0.15, -0.1) is 0 Å². The molecule has 1 amide bonds. The van der Waals surface area contributed by atoms with E-state index in [-0.39, 0.29) is 24.3 Å².